The monoisotopic (exact) mass is 585 g/mol. The van der Waals surface area contributed by atoms with Crippen molar-refractivity contribution in [2.24, 2.45) is 5.92 Å². The first-order valence-corrected chi connectivity index (χ1v) is 12.2. The number of nitrogens with zero attached hydrogens (tertiary/aromatic N) is 2. The molecule has 3 atom stereocenters. The zero-order valence-electron chi connectivity index (χ0n) is 20.3. The normalized spacial score (nSPS) is 20.6. The number of likely N-dealkylation sites (tertiary alicyclic amines) is 1. The lowest BCUT2D eigenvalue weighted by Gasteiger charge is -2.22. The number of fused-ring (bicyclic) bond motifs is 1. The van der Waals surface area contributed by atoms with Crippen LogP contribution >= 0.6 is 11.3 Å². The first kappa shape index (κ1) is 32.0. The van der Waals surface area contributed by atoms with Gasteiger partial charge in [0.1, 0.15) is 0 Å². The predicted octanol–water partition coefficient (Wildman–Crippen LogP) is 3.62. The van der Waals surface area contributed by atoms with Crippen LogP contribution in [0.4, 0.5) is 26.3 Å². The smallest absolute Gasteiger partial charge is 0.475 e. The minimum Gasteiger partial charge on any atom is -0.475 e. The number of halogens is 6. The largest absolute Gasteiger partial charge is 0.490 e. The molecule has 3 N–H and O–H groups in total. The van der Waals surface area contributed by atoms with Gasteiger partial charge in [0.25, 0.3) is 0 Å². The molecule has 0 aliphatic carbocycles. The molecule has 0 aromatic carbocycles. The number of carboxylic acid groups (broad SMARTS) is 2. The minimum absolute atomic E-state index is 0.00681. The molecular weight excluding hydrogens is 560 g/mol. The fourth-order valence-electron chi connectivity index (χ4n) is 3.88. The van der Waals surface area contributed by atoms with E-state index in [1.54, 1.807) is 11.3 Å². The number of aliphatic carboxylic acids is 2. The number of carbonyl (C=O) groups excluding carboxylic acids is 1. The Labute approximate surface area is 222 Å². The van der Waals surface area contributed by atoms with Crippen molar-refractivity contribution in [2.45, 2.75) is 50.9 Å². The van der Waals surface area contributed by atoms with Gasteiger partial charge in [-0.25, -0.2) is 9.59 Å². The Morgan fingerprint density at radius 1 is 1.10 bits per heavy atom. The molecule has 2 aromatic rings. The van der Waals surface area contributed by atoms with Crippen LogP contribution < -0.4 is 5.32 Å². The molecule has 39 heavy (non-hydrogen) atoms. The fourth-order valence-corrected chi connectivity index (χ4v) is 4.52. The molecule has 0 saturated carbocycles. The van der Waals surface area contributed by atoms with Crippen LogP contribution in [-0.4, -0.2) is 75.6 Å². The number of thiophene rings is 1. The third-order valence-electron chi connectivity index (χ3n) is 5.71. The first-order chi connectivity index (χ1) is 18.1. The van der Waals surface area contributed by atoms with Crippen LogP contribution in [0.3, 0.4) is 0 Å². The quantitative estimate of drug-likeness (QED) is 0.454. The average molecular weight is 586 g/mol. The third-order valence-corrected chi connectivity index (χ3v) is 6.59. The van der Waals surface area contributed by atoms with E-state index in [0.29, 0.717) is 12.6 Å². The Hall–Kier alpha value is -3.24. The van der Waals surface area contributed by atoms with Crippen LogP contribution in [0.1, 0.15) is 22.6 Å². The minimum atomic E-state index is -5.08. The molecule has 0 bridgehead atoms. The maximum Gasteiger partial charge on any atom is 0.490 e. The molecule has 2 saturated heterocycles. The lowest BCUT2D eigenvalue weighted by molar-refractivity contribution is -0.193. The third kappa shape index (κ3) is 9.78. The van der Waals surface area contributed by atoms with Crippen LogP contribution in [-0.2, 0) is 32.2 Å². The van der Waals surface area contributed by atoms with E-state index in [0.717, 1.165) is 31.8 Å². The van der Waals surface area contributed by atoms with Gasteiger partial charge in [0.15, 0.2) is 0 Å². The molecule has 2 fully saturated rings. The SMILES string of the molecule is Cc1cccnc1CN1C[C@H](C(=O)NCc2cccs2)[C@H]2OCC[C@H]21.O=C(O)C(F)(F)F.O=C(O)C(F)(F)F. The molecule has 216 valence electrons. The molecule has 2 aliphatic rings. The van der Waals surface area contributed by atoms with Crippen LogP contribution in [0.15, 0.2) is 35.8 Å². The van der Waals surface area contributed by atoms with Crippen molar-refractivity contribution in [1.82, 2.24) is 15.2 Å². The summed E-state index contributed by atoms with van der Waals surface area (Å²) < 4.78 is 69.4. The highest BCUT2D eigenvalue weighted by atomic mass is 32.1. The van der Waals surface area contributed by atoms with Crippen LogP contribution in [0.2, 0.25) is 0 Å². The summed E-state index contributed by atoms with van der Waals surface area (Å²) in [6.45, 7) is 4.95. The maximum absolute atomic E-state index is 12.7. The first-order valence-electron chi connectivity index (χ1n) is 11.3. The summed E-state index contributed by atoms with van der Waals surface area (Å²) in [7, 11) is 0. The predicted molar refractivity (Wildman–Crippen MR) is 125 cm³/mol. The highest BCUT2D eigenvalue weighted by Crippen LogP contribution is 2.34. The molecule has 16 heteroatoms. The molecule has 4 heterocycles. The topological polar surface area (TPSA) is 129 Å². The lowest BCUT2D eigenvalue weighted by atomic mass is 10.0. The summed E-state index contributed by atoms with van der Waals surface area (Å²) in [6.07, 6.45) is -7.33. The highest BCUT2D eigenvalue weighted by Gasteiger charge is 2.48. The number of rotatable bonds is 5. The summed E-state index contributed by atoms with van der Waals surface area (Å²) in [5.41, 5.74) is 2.29. The fraction of sp³-hybridized carbons (Fsp3) is 0.478. The summed E-state index contributed by atoms with van der Waals surface area (Å²) in [6, 6.07) is 8.43. The number of ether oxygens (including phenoxy) is 1. The van der Waals surface area contributed by atoms with E-state index < -0.39 is 24.3 Å². The van der Waals surface area contributed by atoms with Gasteiger partial charge in [0, 0.05) is 36.8 Å². The number of alkyl halides is 6. The summed E-state index contributed by atoms with van der Waals surface area (Å²) in [5.74, 6) is -5.51. The number of hydrogen-bond acceptors (Lipinski definition) is 7. The van der Waals surface area contributed by atoms with E-state index in [4.69, 9.17) is 24.5 Å². The molecule has 9 nitrogen and oxygen atoms in total. The van der Waals surface area contributed by atoms with Crippen LogP contribution in [0.5, 0.6) is 0 Å². The Balaban J connectivity index is 0.000000317. The van der Waals surface area contributed by atoms with Gasteiger partial charge < -0.3 is 20.3 Å². The van der Waals surface area contributed by atoms with Gasteiger partial charge in [0.05, 0.1) is 24.3 Å². The number of aromatic nitrogens is 1. The molecule has 0 spiro atoms. The van der Waals surface area contributed by atoms with Gasteiger partial charge in [-0.15, -0.1) is 11.3 Å². The highest BCUT2D eigenvalue weighted by molar-refractivity contribution is 7.09. The van der Waals surface area contributed by atoms with Crippen molar-refractivity contribution >= 4 is 29.2 Å². The van der Waals surface area contributed by atoms with Gasteiger partial charge in [-0.2, -0.15) is 26.3 Å². The lowest BCUT2D eigenvalue weighted by Crippen LogP contribution is -2.37. The molecule has 4 rings (SSSR count). The van der Waals surface area contributed by atoms with E-state index in [2.05, 4.69) is 28.2 Å². The number of pyridine rings is 1. The van der Waals surface area contributed by atoms with Gasteiger partial charge in [-0.05, 0) is 36.4 Å². The van der Waals surface area contributed by atoms with E-state index in [9.17, 15) is 31.1 Å². The molecule has 1 amide bonds. The average Bonchev–Trinajstić information content (AvgIpc) is 3.58. The number of carbonyl (C=O) groups is 3. The summed E-state index contributed by atoms with van der Waals surface area (Å²) >= 11 is 1.67. The molecule has 0 unspecified atom stereocenters. The second-order valence-electron chi connectivity index (χ2n) is 8.40. The number of carboxylic acids is 2. The van der Waals surface area contributed by atoms with Gasteiger partial charge in [-0.1, -0.05) is 12.1 Å². The van der Waals surface area contributed by atoms with Gasteiger partial charge >= 0.3 is 24.3 Å². The van der Waals surface area contributed by atoms with E-state index in [1.807, 2.05) is 29.8 Å². The van der Waals surface area contributed by atoms with Crippen molar-refractivity contribution in [3.05, 3.63) is 52.0 Å². The van der Waals surface area contributed by atoms with Crippen LogP contribution in [0, 0.1) is 12.8 Å². The Morgan fingerprint density at radius 2 is 1.72 bits per heavy atom. The maximum atomic E-state index is 12.7. The zero-order chi connectivity index (χ0) is 29.4. The van der Waals surface area contributed by atoms with E-state index in [-0.39, 0.29) is 17.9 Å². The van der Waals surface area contributed by atoms with Crippen molar-refractivity contribution in [1.29, 1.82) is 0 Å². The van der Waals surface area contributed by atoms with Crippen LogP contribution in [0.25, 0.3) is 0 Å². The summed E-state index contributed by atoms with van der Waals surface area (Å²) in [4.78, 5) is 38.6. The number of nitrogens with one attached hydrogen (secondary N) is 1. The molecule has 2 aliphatic heterocycles. The Morgan fingerprint density at radius 3 is 2.23 bits per heavy atom. The van der Waals surface area contributed by atoms with Crippen molar-refractivity contribution in [3.63, 3.8) is 0 Å². The van der Waals surface area contributed by atoms with E-state index >= 15 is 0 Å². The number of hydrogen-bond donors (Lipinski definition) is 3. The van der Waals surface area contributed by atoms with E-state index in [1.165, 1.54) is 10.4 Å². The second-order valence-corrected chi connectivity index (χ2v) is 9.43. The van der Waals surface area contributed by atoms with Gasteiger partial charge in [-0.3, -0.25) is 14.7 Å². The van der Waals surface area contributed by atoms with Crippen molar-refractivity contribution < 1.29 is 55.7 Å². The molecule has 0 radical (unpaired) electrons. The van der Waals surface area contributed by atoms with Crippen molar-refractivity contribution in [2.75, 3.05) is 13.2 Å². The molecule has 2 aromatic heterocycles. The Bertz CT molecular complexity index is 1090. The van der Waals surface area contributed by atoms with Gasteiger partial charge in [0.2, 0.25) is 5.91 Å². The zero-order valence-corrected chi connectivity index (χ0v) is 21.1. The standard InChI is InChI=1S/C19H23N3O2S.2C2HF3O2/c1-13-4-2-7-20-16(13)12-22-11-15(18-17(22)6-8-24-18)19(23)21-10-14-5-3-9-25-14;2*3-2(4,5)1(6)7/h2-5,7,9,15,17-18H,6,8,10-12H2,1H3,(H,21,23);2*(H,6,7)/t15-,17+,18+;;/m0../s1. The Kier molecular flexibility index (Phi) is 11.2. The molecular formula is C23H25F6N3O6S. The number of amides is 1. The summed E-state index contributed by atoms with van der Waals surface area (Å²) in [5, 5.41) is 19.4. The second kappa shape index (κ2) is 13.7. The van der Waals surface area contributed by atoms with Crippen molar-refractivity contribution in [3.8, 4) is 0 Å². The number of aryl methyl sites for hydroxylation is 1.